The van der Waals surface area contributed by atoms with Gasteiger partial charge in [-0.2, -0.15) is 0 Å². The van der Waals surface area contributed by atoms with E-state index in [0.717, 1.165) is 12.8 Å². The number of hydrogen-bond donors (Lipinski definition) is 1. The molecule has 1 rings (SSSR count). The van der Waals surface area contributed by atoms with E-state index >= 15 is 0 Å². The fourth-order valence-corrected chi connectivity index (χ4v) is 1.52. The van der Waals surface area contributed by atoms with Crippen molar-refractivity contribution in [3.63, 3.8) is 0 Å². The van der Waals surface area contributed by atoms with E-state index in [9.17, 15) is 4.79 Å². The number of hydrogen-bond acceptors (Lipinski definition) is 3. The first-order valence-corrected chi connectivity index (χ1v) is 6.01. The highest BCUT2D eigenvalue weighted by Crippen LogP contribution is 2.18. The number of carbonyl (C=O) groups excluding carboxylic acids is 1. The average molecular weight is 235 g/mol. The Balaban J connectivity index is 2.70. The van der Waals surface area contributed by atoms with Gasteiger partial charge in [-0.05, 0) is 44.5 Å². The molecule has 0 amide bonds. The minimum absolute atomic E-state index is 0.00592. The maximum atomic E-state index is 12.2. The Morgan fingerprint density at radius 1 is 1.29 bits per heavy atom. The number of carbonyl (C=O) groups is 1. The maximum absolute atomic E-state index is 12.2. The third-order valence-corrected chi connectivity index (χ3v) is 2.68. The second kappa shape index (κ2) is 5.82. The zero-order valence-electron chi connectivity index (χ0n) is 10.8. The smallest absolute Gasteiger partial charge is 0.194 e. The van der Waals surface area contributed by atoms with Crippen LogP contribution >= 0.6 is 0 Å². The Hall–Kier alpha value is -1.35. The van der Waals surface area contributed by atoms with Gasteiger partial charge in [0.2, 0.25) is 0 Å². The molecule has 0 unspecified atom stereocenters. The zero-order chi connectivity index (χ0) is 12.9. The van der Waals surface area contributed by atoms with Crippen LogP contribution < -0.4 is 5.73 Å². The highest BCUT2D eigenvalue weighted by Gasteiger charge is 2.29. The molecule has 1 aromatic carbocycles. The van der Waals surface area contributed by atoms with E-state index in [1.54, 1.807) is 38.1 Å². The van der Waals surface area contributed by atoms with E-state index in [1.165, 1.54) is 0 Å². The molecule has 3 nitrogen and oxygen atoms in total. The van der Waals surface area contributed by atoms with E-state index in [0.29, 0.717) is 17.9 Å². The molecule has 2 N–H and O–H groups in total. The van der Waals surface area contributed by atoms with Crippen molar-refractivity contribution in [2.45, 2.75) is 39.2 Å². The van der Waals surface area contributed by atoms with Crippen LogP contribution in [0.3, 0.4) is 0 Å². The summed E-state index contributed by atoms with van der Waals surface area (Å²) >= 11 is 0. The molecule has 3 heteroatoms. The fraction of sp³-hybridized carbons (Fsp3) is 0.500. The zero-order valence-corrected chi connectivity index (χ0v) is 10.8. The first-order valence-electron chi connectivity index (χ1n) is 6.01. The van der Waals surface area contributed by atoms with Crippen LogP contribution in [0.5, 0.6) is 0 Å². The highest BCUT2D eigenvalue weighted by molar-refractivity contribution is 6.02. The molecule has 17 heavy (non-hydrogen) atoms. The quantitative estimate of drug-likeness (QED) is 0.468. The van der Waals surface area contributed by atoms with Gasteiger partial charge in [-0.1, -0.05) is 13.3 Å². The van der Waals surface area contributed by atoms with E-state index in [2.05, 4.69) is 6.92 Å². The van der Waals surface area contributed by atoms with Crippen LogP contribution in [-0.2, 0) is 4.74 Å². The van der Waals surface area contributed by atoms with Crippen LogP contribution in [0.4, 0.5) is 5.69 Å². The molecule has 0 aliphatic rings. The lowest BCUT2D eigenvalue weighted by Crippen LogP contribution is -2.35. The van der Waals surface area contributed by atoms with Crippen molar-refractivity contribution in [3.8, 4) is 0 Å². The third-order valence-electron chi connectivity index (χ3n) is 2.68. The van der Waals surface area contributed by atoms with Gasteiger partial charge >= 0.3 is 0 Å². The van der Waals surface area contributed by atoms with Crippen molar-refractivity contribution >= 4 is 11.5 Å². The molecule has 0 spiro atoms. The number of Topliss-reactive ketones (excluding diaryl/α,β-unsaturated/α-hetero) is 1. The Morgan fingerprint density at radius 2 is 1.88 bits per heavy atom. The number of benzene rings is 1. The predicted octanol–water partition coefficient (Wildman–Crippen LogP) is 3.05. The molecular weight excluding hydrogens is 214 g/mol. The molecule has 0 aliphatic carbocycles. The summed E-state index contributed by atoms with van der Waals surface area (Å²) in [6.07, 6.45) is 2.03. The number of unbranched alkanes of at least 4 members (excludes halogenated alkanes) is 1. The predicted molar refractivity (Wildman–Crippen MR) is 70.1 cm³/mol. The Labute approximate surface area is 103 Å². The second-order valence-electron chi connectivity index (χ2n) is 4.66. The average Bonchev–Trinajstić information content (AvgIpc) is 2.29. The van der Waals surface area contributed by atoms with E-state index in [1.807, 2.05) is 0 Å². The van der Waals surface area contributed by atoms with E-state index in [4.69, 9.17) is 10.5 Å². The number of rotatable bonds is 6. The number of ether oxygens (including phenoxy) is 1. The largest absolute Gasteiger partial charge is 0.399 e. The van der Waals surface area contributed by atoms with Gasteiger partial charge in [0.1, 0.15) is 5.60 Å². The second-order valence-corrected chi connectivity index (χ2v) is 4.66. The van der Waals surface area contributed by atoms with Crippen LogP contribution in [0.1, 0.15) is 44.0 Å². The molecule has 0 aromatic heterocycles. The van der Waals surface area contributed by atoms with Gasteiger partial charge in [0.15, 0.2) is 5.78 Å². The van der Waals surface area contributed by atoms with Crippen LogP contribution in [0, 0.1) is 0 Å². The van der Waals surface area contributed by atoms with Gasteiger partial charge in [0.25, 0.3) is 0 Å². The Kier molecular flexibility index (Phi) is 4.70. The van der Waals surface area contributed by atoms with Gasteiger partial charge in [-0.25, -0.2) is 0 Å². The first kappa shape index (κ1) is 13.7. The van der Waals surface area contributed by atoms with Crippen molar-refractivity contribution in [1.29, 1.82) is 0 Å². The SMILES string of the molecule is CCCCOC(C)(C)C(=O)c1ccc(N)cc1. The minimum Gasteiger partial charge on any atom is -0.399 e. The van der Waals surface area contributed by atoms with Gasteiger partial charge in [0, 0.05) is 17.9 Å². The normalized spacial score (nSPS) is 11.5. The van der Waals surface area contributed by atoms with E-state index < -0.39 is 5.60 Å². The molecule has 0 saturated carbocycles. The van der Waals surface area contributed by atoms with Crippen LogP contribution in [-0.4, -0.2) is 18.0 Å². The monoisotopic (exact) mass is 235 g/mol. The summed E-state index contributed by atoms with van der Waals surface area (Å²) in [4.78, 5) is 12.2. The van der Waals surface area contributed by atoms with Crippen LogP contribution in [0.25, 0.3) is 0 Å². The van der Waals surface area contributed by atoms with Crippen LogP contribution in [0.2, 0.25) is 0 Å². The molecule has 0 aliphatic heterocycles. The summed E-state index contributed by atoms with van der Waals surface area (Å²) in [6, 6.07) is 6.94. The van der Waals surface area contributed by atoms with Crippen molar-refractivity contribution in [3.05, 3.63) is 29.8 Å². The molecule has 0 heterocycles. The lowest BCUT2D eigenvalue weighted by atomic mass is 9.96. The van der Waals surface area contributed by atoms with Crippen molar-refractivity contribution in [1.82, 2.24) is 0 Å². The first-order chi connectivity index (χ1) is 7.97. The summed E-state index contributed by atoms with van der Waals surface area (Å²) in [5.41, 5.74) is 6.12. The molecule has 0 saturated heterocycles. The number of nitrogen functional groups attached to an aromatic ring is 1. The molecule has 0 radical (unpaired) electrons. The standard InChI is InChI=1S/C14H21NO2/c1-4-5-10-17-14(2,3)13(16)11-6-8-12(15)9-7-11/h6-9H,4-5,10,15H2,1-3H3. The Morgan fingerprint density at radius 3 is 2.41 bits per heavy atom. The van der Waals surface area contributed by atoms with Gasteiger partial charge in [-0.3, -0.25) is 4.79 Å². The van der Waals surface area contributed by atoms with Gasteiger partial charge in [0.05, 0.1) is 0 Å². The Bertz CT molecular complexity index is 368. The molecule has 0 atom stereocenters. The third kappa shape index (κ3) is 3.86. The molecule has 0 fully saturated rings. The summed E-state index contributed by atoms with van der Waals surface area (Å²) in [5.74, 6) is -0.00592. The van der Waals surface area contributed by atoms with Gasteiger partial charge in [-0.15, -0.1) is 0 Å². The maximum Gasteiger partial charge on any atom is 0.194 e. The molecule has 94 valence electrons. The number of nitrogens with two attached hydrogens (primary N) is 1. The fourth-order valence-electron chi connectivity index (χ4n) is 1.52. The minimum atomic E-state index is -0.773. The molecule has 1 aromatic rings. The summed E-state index contributed by atoms with van der Waals surface area (Å²) < 4.78 is 5.64. The summed E-state index contributed by atoms with van der Waals surface area (Å²) in [5, 5.41) is 0. The summed E-state index contributed by atoms with van der Waals surface area (Å²) in [7, 11) is 0. The van der Waals surface area contributed by atoms with Crippen molar-refractivity contribution in [2.24, 2.45) is 0 Å². The lowest BCUT2D eigenvalue weighted by molar-refractivity contribution is -0.00545. The summed E-state index contributed by atoms with van der Waals surface area (Å²) in [6.45, 7) is 6.32. The molecule has 0 bridgehead atoms. The number of anilines is 1. The van der Waals surface area contributed by atoms with Crippen LogP contribution in [0.15, 0.2) is 24.3 Å². The highest BCUT2D eigenvalue weighted by atomic mass is 16.5. The van der Waals surface area contributed by atoms with Gasteiger partial charge < -0.3 is 10.5 Å². The van der Waals surface area contributed by atoms with E-state index in [-0.39, 0.29) is 5.78 Å². The molecular formula is C14H21NO2. The topological polar surface area (TPSA) is 52.3 Å². The lowest BCUT2D eigenvalue weighted by Gasteiger charge is -2.23. The number of ketones is 1. The van der Waals surface area contributed by atoms with Crippen molar-refractivity contribution in [2.75, 3.05) is 12.3 Å². The van der Waals surface area contributed by atoms with Crippen molar-refractivity contribution < 1.29 is 9.53 Å².